The lowest BCUT2D eigenvalue weighted by atomic mass is 10.1. The zero-order chi connectivity index (χ0) is 15.8. The Hall–Kier alpha value is -2.33. The van der Waals surface area contributed by atoms with Crippen molar-refractivity contribution < 1.29 is 9.90 Å². The molecule has 2 aromatic rings. The molecule has 22 heavy (non-hydrogen) atoms. The van der Waals surface area contributed by atoms with Crippen LogP contribution in [0.3, 0.4) is 0 Å². The van der Waals surface area contributed by atoms with Gasteiger partial charge in [-0.3, -0.25) is 4.79 Å². The number of aliphatic hydroxyl groups excluding tert-OH is 1. The molecule has 0 saturated heterocycles. The summed E-state index contributed by atoms with van der Waals surface area (Å²) in [6.45, 7) is 3.00. The van der Waals surface area contributed by atoms with Crippen LogP contribution in [0.25, 0.3) is 0 Å². The number of rotatable bonds is 7. The van der Waals surface area contributed by atoms with E-state index in [0.717, 1.165) is 36.3 Å². The Morgan fingerprint density at radius 1 is 1.05 bits per heavy atom. The first kappa shape index (κ1) is 16.0. The van der Waals surface area contributed by atoms with Gasteiger partial charge in [0.1, 0.15) is 0 Å². The number of benzene rings is 2. The number of hydrogen-bond donors (Lipinski definition) is 3. The van der Waals surface area contributed by atoms with Crippen molar-refractivity contribution in [2.75, 3.05) is 23.8 Å². The summed E-state index contributed by atoms with van der Waals surface area (Å²) in [5.41, 5.74) is 3.48. The number of aliphatic hydroxyl groups is 1. The normalized spacial score (nSPS) is 10.3. The van der Waals surface area contributed by atoms with E-state index in [1.807, 2.05) is 49.4 Å². The second kappa shape index (κ2) is 8.20. The molecule has 0 unspecified atom stereocenters. The van der Waals surface area contributed by atoms with Crippen LogP contribution in [-0.2, 0) is 0 Å². The molecule has 0 spiro atoms. The van der Waals surface area contributed by atoms with Crippen LogP contribution in [0.5, 0.6) is 0 Å². The molecule has 0 radical (unpaired) electrons. The summed E-state index contributed by atoms with van der Waals surface area (Å²) in [5, 5.41) is 14.9. The van der Waals surface area contributed by atoms with Crippen molar-refractivity contribution in [3.63, 3.8) is 0 Å². The van der Waals surface area contributed by atoms with E-state index in [0.29, 0.717) is 5.56 Å². The van der Waals surface area contributed by atoms with Gasteiger partial charge in [-0.15, -0.1) is 0 Å². The Kier molecular flexibility index (Phi) is 5.98. The molecule has 4 heteroatoms. The largest absolute Gasteiger partial charge is 0.396 e. The molecular weight excluding hydrogens is 276 g/mol. The molecule has 0 bridgehead atoms. The van der Waals surface area contributed by atoms with Crippen LogP contribution in [0.4, 0.5) is 11.4 Å². The van der Waals surface area contributed by atoms with Gasteiger partial charge >= 0.3 is 0 Å². The number of hydrogen-bond acceptors (Lipinski definition) is 3. The lowest BCUT2D eigenvalue weighted by Crippen LogP contribution is -2.12. The number of anilines is 2. The Morgan fingerprint density at radius 2 is 1.82 bits per heavy atom. The third-order valence-corrected chi connectivity index (χ3v) is 3.35. The van der Waals surface area contributed by atoms with Crippen LogP contribution < -0.4 is 10.6 Å². The number of carbonyl (C=O) groups excluding carboxylic acids is 1. The average molecular weight is 298 g/mol. The molecule has 0 heterocycles. The van der Waals surface area contributed by atoms with Gasteiger partial charge in [0.05, 0.1) is 0 Å². The Bertz CT molecular complexity index is 609. The molecule has 0 aromatic heterocycles. The van der Waals surface area contributed by atoms with Gasteiger partial charge in [-0.05, 0) is 50.1 Å². The van der Waals surface area contributed by atoms with Gasteiger partial charge in [-0.2, -0.15) is 0 Å². The molecule has 0 atom stereocenters. The van der Waals surface area contributed by atoms with Crippen molar-refractivity contribution in [2.45, 2.75) is 19.8 Å². The highest BCUT2D eigenvalue weighted by atomic mass is 16.2. The minimum atomic E-state index is -0.122. The van der Waals surface area contributed by atoms with E-state index in [1.54, 1.807) is 6.07 Å². The number of carbonyl (C=O) groups is 1. The molecular formula is C18H22N2O2. The molecule has 4 nitrogen and oxygen atoms in total. The maximum absolute atomic E-state index is 12.3. The summed E-state index contributed by atoms with van der Waals surface area (Å²) >= 11 is 0. The molecule has 1 amide bonds. The predicted molar refractivity (Wildman–Crippen MR) is 90.4 cm³/mol. The summed E-state index contributed by atoms with van der Waals surface area (Å²) < 4.78 is 0. The van der Waals surface area contributed by atoms with E-state index < -0.39 is 0 Å². The highest BCUT2D eigenvalue weighted by Crippen LogP contribution is 2.14. The fourth-order valence-corrected chi connectivity index (χ4v) is 2.08. The summed E-state index contributed by atoms with van der Waals surface area (Å²) in [5.74, 6) is -0.122. The Labute approximate surface area is 131 Å². The highest BCUT2D eigenvalue weighted by molar-refractivity contribution is 6.04. The number of unbranched alkanes of at least 4 members (excludes halogenated alkanes) is 1. The first-order valence-electron chi connectivity index (χ1n) is 7.52. The van der Waals surface area contributed by atoms with E-state index in [2.05, 4.69) is 10.6 Å². The minimum absolute atomic E-state index is 0.122. The molecule has 0 aliphatic carbocycles. The maximum Gasteiger partial charge on any atom is 0.255 e. The molecule has 2 aromatic carbocycles. The molecule has 116 valence electrons. The first-order valence-corrected chi connectivity index (χ1v) is 7.52. The maximum atomic E-state index is 12.3. The molecule has 3 N–H and O–H groups in total. The topological polar surface area (TPSA) is 61.4 Å². The minimum Gasteiger partial charge on any atom is -0.396 e. The van der Waals surface area contributed by atoms with Gasteiger partial charge in [0, 0.05) is 30.1 Å². The zero-order valence-electron chi connectivity index (χ0n) is 12.8. The van der Waals surface area contributed by atoms with E-state index in [9.17, 15) is 4.79 Å². The van der Waals surface area contributed by atoms with Crippen molar-refractivity contribution in [2.24, 2.45) is 0 Å². The quantitative estimate of drug-likeness (QED) is 0.686. The lowest BCUT2D eigenvalue weighted by molar-refractivity contribution is 0.102. The van der Waals surface area contributed by atoms with E-state index in [1.165, 1.54) is 0 Å². The fraction of sp³-hybridized carbons (Fsp3) is 0.278. The van der Waals surface area contributed by atoms with Crippen molar-refractivity contribution >= 4 is 17.3 Å². The van der Waals surface area contributed by atoms with E-state index in [-0.39, 0.29) is 12.5 Å². The van der Waals surface area contributed by atoms with Gasteiger partial charge in [0.15, 0.2) is 0 Å². The van der Waals surface area contributed by atoms with Gasteiger partial charge in [-0.25, -0.2) is 0 Å². The number of amides is 1. The van der Waals surface area contributed by atoms with Crippen LogP contribution in [0.2, 0.25) is 0 Å². The molecule has 0 saturated carbocycles. The molecule has 0 aliphatic heterocycles. The smallest absolute Gasteiger partial charge is 0.255 e. The molecule has 0 fully saturated rings. The van der Waals surface area contributed by atoms with Crippen LogP contribution in [0.1, 0.15) is 28.8 Å². The predicted octanol–water partition coefficient (Wildman–Crippen LogP) is 3.43. The number of aryl methyl sites for hydroxylation is 1. The van der Waals surface area contributed by atoms with Crippen molar-refractivity contribution in [1.29, 1.82) is 0 Å². The van der Waals surface area contributed by atoms with Gasteiger partial charge in [-0.1, -0.05) is 23.8 Å². The SMILES string of the molecule is Cc1ccc(NC(=O)c2cccc(NCCCCO)c2)cc1. The lowest BCUT2D eigenvalue weighted by Gasteiger charge is -2.09. The van der Waals surface area contributed by atoms with Crippen molar-refractivity contribution in [3.05, 3.63) is 59.7 Å². The van der Waals surface area contributed by atoms with Gasteiger partial charge < -0.3 is 15.7 Å². The van der Waals surface area contributed by atoms with Crippen LogP contribution >= 0.6 is 0 Å². The zero-order valence-corrected chi connectivity index (χ0v) is 12.8. The van der Waals surface area contributed by atoms with E-state index in [4.69, 9.17) is 5.11 Å². The standard InChI is InChI=1S/C18H22N2O2/c1-14-7-9-16(10-8-14)20-18(22)15-5-4-6-17(13-15)19-11-2-3-12-21/h4-10,13,19,21H,2-3,11-12H2,1H3,(H,20,22). The second-order valence-electron chi connectivity index (χ2n) is 5.26. The van der Waals surface area contributed by atoms with Crippen molar-refractivity contribution in [1.82, 2.24) is 0 Å². The third-order valence-electron chi connectivity index (χ3n) is 3.35. The van der Waals surface area contributed by atoms with Crippen LogP contribution in [-0.4, -0.2) is 24.2 Å². The molecule has 2 rings (SSSR count). The Morgan fingerprint density at radius 3 is 2.55 bits per heavy atom. The summed E-state index contributed by atoms with van der Waals surface area (Å²) in [4.78, 5) is 12.3. The fourth-order valence-electron chi connectivity index (χ4n) is 2.08. The first-order chi connectivity index (χ1) is 10.7. The van der Waals surface area contributed by atoms with Crippen LogP contribution in [0.15, 0.2) is 48.5 Å². The molecule has 0 aliphatic rings. The van der Waals surface area contributed by atoms with Gasteiger partial charge in [0.25, 0.3) is 5.91 Å². The monoisotopic (exact) mass is 298 g/mol. The highest BCUT2D eigenvalue weighted by Gasteiger charge is 2.06. The summed E-state index contributed by atoms with van der Waals surface area (Å²) in [6, 6.07) is 15.1. The second-order valence-corrected chi connectivity index (χ2v) is 5.26. The average Bonchev–Trinajstić information content (AvgIpc) is 2.54. The third kappa shape index (κ3) is 4.90. The summed E-state index contributed by atoms with van der Waals surface area (Å²) in [6.07, 6.45) is 1.68. The number of nitrogens with one attached hydrogen (secondary N) is 2. The summed E-state index contributed by atoms with van der Waals surface area (Å²) in [7, 11) is 0. The Balaban J connectivity index is 1.96. The van der Waals surface area contributed by atoms with Gasteiger partial charge in [0.2, 0.25) is 0 Å². The van der Waals surface area contributed by atoms with Crippen LogP contribution in [0, 0.1) is 6.92 Å². The van der Waals surface area contributed by atoms with Crippen molar-refractivity contribution in [3.8, 4) is 0 Å². The van der Waals surface area contributed by atoms with E-state index >= 15 is 0 Å².